The van der Waals surface area contributed by atoms with Crippen molar-refractivity contribution < 1.29 is 57.8 Å². The molecule has 0 saturated carbocycles. The van der Waals surface area contributed by atoms with Crippen molar-refractivity contribution in [3.63, 3.8) is 0 Å². The summed E-state index contributed by atoms with van der Waals surface area (Å²) in [6, 6.07) is -0.0716. The zero-order valence-electron chi connectivity index (χ0n) is 13.9. The van der Waals surface area contributed by atoms with Gasteiger partial charge in [-0.15, -0.1) is 11.3 Å². The van der Waals surface area contributed by atoms with E-state index < -0.39 is 77.4 Å². The van der Waals surface area contributed by atoms with Crippen LogP contribution in [0, 0.1) is 0 Å². The topological polar surface area (TPSA) is 20.2 Å². The Morgan fingerprint density at radius 3 is 1.39 bits per heavy atom. The molecule has 1 nitrogen and oxygen atoms in total. The second-order valence-electron chi connectivity index (χ2n) is 6.11. The minimum Gasteiger partial charge on any atom is -0.507 e. The van der Waals surface area contributed by atoms with Gasteiger partial charge in [-0.25, -0.2) is 0 Å². The van der Waals surface area contributed by atoms with Crippen molar-refractivity contribution in [2.45, 2.75) is 24.7 Å². The molecule has 1 aromatic heterocycles. The fourth-order valence-corrected chi connectivity index (χ4v) is 5.24. The summed E-state index contributed by atoms with van der Waals surface area (Å²) in [5.74, 6) is -2.29. The van der Waals surface area contributed by atoms with Gasteiger partial charge in [0, 0.05) is 19.9 Å². The van der Waals surface area contributed by atoms with Gasteiger partial charge >= 0.3 is 24.7 Å². The number of hydrogen-bond acceptors (Lipinski definition) is 2. The third-order valence-corrected chi connectivity index (χ3v) is 6.22. The zero-order chi connectivity index (χ0) is 23.9. The third kappa shape index (κ3) is 3.90. The van der Waals surface area contributed by atoms with Gasteiger partial charge in [-0.05, 0) is 28.1 Å². The van der Waals surface area contributed by atoms with Crippen LogP contribution in [0.4, 0.5) is 52.7 Å². The maximum absolute atomic E-state index is 13.5. The Hall–Kier alpha value is -1.90. The van der Waals surface area contributed by atoms with Crippen molar-refractivity contribution in [1.82, 2.24) is 0 Å². The van der Waals surface area contributed by atoms with Gasteiger partial charge in [-0.3, -0.25) is 0 Å². The Morgan fingerprint density at radius 2 is 1.00 bits per heavy atom. The van der Waals surface area contributed by atoms with Gasteiger partial charge in [0.25, 0.3) is 0 Å². The number of aromatic hydroxyl groups is 1. The van der Waals surface area contributed by atoms with E-state index in [0.29, 0.717) is 0 Å². The quantitative estimate of drug-likeness (QED) is 0.278. The molecule has 2 aromatic carbocycles. The molecule has 0 aliphatic heterocycles. The second kappa shape index (κ2) is 6.80. The van der Waals surface area contributed by atoms with Crippen molar-refractivity contribution in [3.8, 4) is 5.75 Å². The van der Waals surface area contributed by atoms with Crippen LogP contribution < -0.4 is 0 Å². The van der Waals surface area contributed by atoms with Crippen molar-refractivity contribution in [1.29, 1.82) is 0 Å². The molecular weight excluding hydrogens is 548 g/mol. The molecule has 0 bridgehead atoms. The first-order valence-electron chi connectivity index (χ1n) is 7.49. The van der Waals surface area contributed by atoms with Crippen molar-refractivity contribution in [2.75, 3.05) is 0 Å². The Balaban J connectivity index is 2.69. The SMILES string of the molecule is Oc1c(C(F)(F)F)cc2c(sc3c(C(F)(F)F)c(Br)c(C(F)(F)F)cc32)c1C(F)(F)F. The van der Waals surface area contributed by atoms with Gasteiger partial charge in [0.15, 0.2) is 0 Å². The van der Waals surface area contributed by atoms with E-state index in [4.69, 9.17) is 0 Å². The van der Waals surface area contributed by atoms with Crippen molar-refractivity contribution in [2.24, 2.45) is 0 Å². The molecule has 0 aliphatic carbocycles. The van der Waals surface area contributed by atoms with E-state index in [2.05, 4.69) is 15.9 Å². The highest BCUT2D eigenvalue weighted by Gasteiger charge is 2.46. The second-order valence-corrected chi connectivity index (χ2v) is 7.92. The van der Waals surface area contributed by atoms with E-state index in [0.717, 1.165) is 0 Å². The first kappa shape index (κ1) is 23.8. The predicted octanol–water partition coefficient (Wildman–Crippen LogP) is 8.60. The average molecular weight is 551 g/mol. The van der Waals surface area contributed by atoms with Gasteiger partial charge in [-0.2, -0.15) is 52.7 Å². The van der Waals surface area contributed by atoms with Crippen LogP contribution in [0.3, 0.4) is 0 Å². The summed E-state index contributed by atoms with van der Waals surface area (Å²) in [4.78, 5) is 0. The maximum atomic E-state index is 13.5. The molecule has 170 valence electrons. The third-order valence-electron chi connectivity index (χ3n) is 4.14. The molecule has 31 heavy (non-hydrogen) atoms. The molecule has 0 saturated heterocycles. The molecule has 1 N–H and O–H groups in total. The van der Waals surface area contributed by atoms with E-state index >= 15 is 0 Å². The summed E-state index contributed by atoms with van der Waals surface area (Å²) in [7, 11) is 0. The van der Waals surface area contributed by atoms with Crippen molar-refractivity contribution >= 4 is 47.4 Å². The number of phenolic OH excluding ortho intramolecular Hbond substituents is 1. The largest absolute Gasteiger partial charge is 0.507 e. The van der Waals surface area contributed by atoms with Gasteiger partial charge < -0.3 is 5.11 Å². The number of benzene rings is 2. The summed E-state index contributed by atoms with van der Waals surface area (Å²) in [5.41, 5.74) is -8.49. The van der Waals surface area contributed by atoms with Crippen LogP contribution in [0.25, 0.3) is 20.2 Å². The fourth-order valence-electron chi connectivity index (χ4n) is 2.95. The van der Waals surface area contributed by atoms with Crippen molar-refractivity contribution in [3.05, 3.63) is 38.9 Å². The molecule has 0 spiro atoms. The Kier molecular flexibility index (Phi) is 5.21. The highest BCUT2D eigenvalue weighted by molar-refractivity contribution is 9.10. The smallest absolute Gasteiger partial charge is 0.421 e. The average Bonchev–Trinajstić information content (AvgIpc) is 2.85. The number of hydrogen-bond donors (Lipinski definition) is 1. The molecule has 3 aromatic rings. The summed E-state index contributed by atoms with van der Waals surface area (Å²) >= 11 is 1.84. The normalized spacial score (nSPS) is 14.1. The minimum absolute atomic E-state index is 0.0326. The molecule has 1 heterocycles. The predicted molar refractivity (Wildman–Crippen MR) is 88.7 cm³/mol. The van der Waals surface area contributed by atoms with Gasteiger partial charge in [0.05, 0.1) is 21.4 Å². The lowest BCUT2D eigenvalue weighted by Crippen LogP contribution is -2.13. The molecule has 15 heteroatoms. The standard InChI is InChI=1S/C16H3BrF12OS/c17-9-5(13(18,19)20)1-3-4-2-6(14(21,22)23)10(30)8(16(27,28)29)12(4)31-11(3)7(9)15(24,25)26/h1-2,30H. The van der Waals surface area contributed by atoms with Gasteiger partial charge in [0.1, 0.15) is 11.3 Å². The number of rotatable bonds is 0. The Bertz CT molecular complexity index is 1100. The minimum atomic E-state index is -5.66. The number of fused-ring (bicyclic) bond motifs is 3. The molecule has 0 atom stereocenters. The number of phenols is 1. The van der Waals surface area contributed by atoms with Crippen LogP contribution in [0.5, 0.6) is 5.75 Å². The van der Waals surface area contributed by atoms with Gasteiger partial charge in [-0.1, -0.05) is 0 Å². The Morgan fingerprint density at radius 1 is 0.613 bits per heavy atom. The highest BCUT2D eigenvalue weighted by atomic mass is 79.9. The highest BCUT2D eigenvalue weighted by Crippen LogP contribution is 2.55. The zero-order valence-corrected chi connectivity index (χ0v) is 16.3. The summed E-state index contributed by atoms with van der Waals surface area (Å²) in [6.45, 7) is 0. The summed E-state index contributed by atoms with van der Waals surface area (Å²) in [6.07, 6.45) is -22.2. The van der Waals surface area contributed by atoms with Crippen LogP contribution in [-0.2, 0) is 24.7 Å². The first-order valence-corrected chi connectivity index (χ1v) is 9.10. The van der Waals surface area contributed by atoms with E-state index in [1.807, 2.05) is 0 Å². The molecule has 0 amide bonds. The molecule has 0 aliphatic rings. The van der Waals surface area contributed by atoms with E-state index in [1.165, 1.54) is 0 Å². The maximum Gasteiger partial charge on any atom is 0.421 e. The summed E-state index contributed by atoms with van der Waals surface area (Å²) < 4.78 is 156. The molecular formula is C16H3BrF12OS. The first-order chi connectivity index (χ1) is 13.8. The van der Waals surface area contributed by atoms with Crippen LogP contribution in [0.15, 0.2) is 16.6 Å². The number of thiophene rings is 1. The van der Waals surface area contributed by atoms with Crippen LogP contribution >= 0.6 is 27.3 Å². The molecule has 0 fully saturated rings. The lowest BCUT2D eigenvalue weighted by Gasteiger charge is -2.16. The summed E-state index contributed by atoms with van der Waals surface area (Å²) in [5, 5.41) is 7.31. The van der Waals surface area contributed by atoms with Crippen LogP contribution in [0.2, 0.25) is 0 Å². The van der Waals surface area contributed by atoms with E-state index in [9.17, 15) is 57.8 Å². The lowest BCUT2D eigenvalue weighted by atomic mass is 9.99. The van der Waals surface area contributed by atoms with Crippen LogP contribution in [-0.4, -0.2) is 5.11 Å². The van der Waals surface area contributed by atoms with E-state index in [1.54, 1.807) is 0 Å². The Labute approximate surface area is 175 Å². The molecule has 3 rings (SSSR count). The molecule has 0 radical (unpaired) electrons. The lowest BCUT2D eigenvalue weighted by molar-refractivity contribution is -0.145. The van der Waals surface area contributed by atoms with Gasteiger partial charge in [0.2, 0.25) is 0 Å². The van der Waals surface area contributed by atoms with Crippen LogP contribution in [0.1, 0.15) is 22.3 Å². The molecule has 0 unspecified atom stereocenters. The number of alkyl halides is 12. The fraction of sp³-hybridized carbons (Fsp3) is 0.250. The monoisotopic (exact) mass is 550 g/mol. The van der Waals surface area contributed by atoms with E-state index in [-0.39, 0.29) is 23.5 Å². The number of halogens is 13.